The number of hydrogen-bond donors (Lipinski definition) is 1. The second-order valence-electron chi connectivity index (χ2n) is 3.98. The molecule has 15 heavy (non-hydrogen) atoms. The average molecular weight is 226 g/mol. The number of hydrogen-bond acceptors (Lipinski definition) is 4. The van der Waals surface area contributed by atoms with Gasteiger partial charge in [-0.15, -0.1) is 11.3 Å². The van der Waals surface area contributed by atoms with Gasteiger partial charge >= 0.3 is 0 Å². The van der Waals surface area contributed by atoms with E-state index in [1.807, 2.05) is 0 Å². The molecule has 0 bridgehead atoms. The molecule has 1 fully saturated rings. The summed E-state index contributed by atoms with van der Waals surface area (Å²) < 4.78 is 5.68. The maximum absolute atomic E-state index is 5.68. The molecule has 4 heteroatoms. The van der Waals surface area contributed by atoms with E-state index in [9.17, 15) is 0 Å². The number of nitrogens with zero attached hydrogens (tertiary/aromatic N) is 1. The monoisotopic (exact) mass is 226 g/mol. The third-order valence-electron chi connectivity index (χ3n) is 2.86. The van der Waals surface area contributed by atoms with Crippen molar-refractivity contribution in [1.82, 2.24) is 10.3 Å². The molecule has 2 atom stereocenters. The predicted molar refractivity (Wildman–Crippen MR) is 62.4 cm³/mol. The van der Waals surface area contributed by atoms with Crippen LogP contribution in [0.4, 0.5) is 0 Å². The van der Waals surface area contributed by atoms with Crippen molar-refractivity contribution in [1.29, 1.82) is 0 Å². The summed E-state index contributed by atoms with van der Waals surface area (Å²) in [5.74, 6) is 0.562. The summed E-state index contributed by atoms with van der Waals surface area (Å²) in [7, 11) is 0. The number of rotatable bonds is 3. The summed E-state index contributed by atoms with van der Waals surface area (Å²) in [6, 6.07) is 0. The van der Waals surface area contributed by atoms with Gasteiger partial charge in [0.1, 0.15) is 11.1 Å². The van der Waals surface area contributed by atoms with Gasteiger partial charge in [-0.3, -0.25) is 0 Å². The van der Waals surface area contributed by atoms with Gasteiger partial charge in [-0.05, 0) is 12.3 Å². The third kappa shape index (κ3) is 2.56. The van der Waals surface area contributed by atoms with Gasteiger partial charge in [0, 0.05) is 18.5 Å². The van der Waals surface area contributed by atoms with E-state index >= 15 is 0 Å². The molecule has 1 N–H and O–H groups in total. The fraction of sp³-hybridized carbons (Fsp3) is 0.727. The van der Waals surface area contributed by atoms with E-state index in [1.165, 1.54) is 5.69 Å². The zero-order valence-corrected chi connectivity index (χ0v) is 10.1. The molecule has 0 aromatic carbocycles. The van der Waals surface area contributed by atoms with E-state index in [0.717, 1.165) is 31.1 Å². The van der Waals surface area contributed by atoms with Crippen molar-refractivity contribution in [3.05, 3.63) is 16.1 Å². The minimum absolute atomic E-state index is 0.168. The number of aromatic nitrogens is 1. The van der Waals surface area contributed by atoms with E-state index in [-0.39, 0.29) is 6.10 Å². The molecule has 2 rings (SSSR count). The van der Waals surface area contributed by atoms with Crippen molar-refractivity contribution < 1.29 is 4.74 Å². The molecule has 1 aromatic heterocycles. The van der Waals surface area contributed by atoms with Gasteiger partial charge in [0.05, 0.1) is 12.3 Å². The molecular formula is C11H18N2OS. The largest absolute Gasteiger partial charge is 0.368 e. The van der Waals surface area contributed by atoms with Crippen molar-refractivity contribution >= 4 is 11.3 Å². The molecule has 1 aliphatic rings. The number of thiazole rings is 1. The minimum Gasteiger partial charge on any atom is -0.368 e. The summed E-state index contributed by atoms with van der Waals surface area (Å²) in [6.45, 7) is 7.07. The Morgan fingerprint density at radius 2 is 2.60 bits per heavy atom. The molecule has 84 valence electrons. The Balaban J connectivity index is 2.05. The average Bonchev–Trinajstić information content (AvgIpc) is 2.78. The first-order valence-electron chi connectivity index (χ1n) is 5.59. The first kappa shape index (κ1) is 11.0. The molecular weight excluding hydrogens is 208 g/mol. The number of ether oxygens (including phenoxy) is 1. The fourth-order valence-electron chi connectivity index (χ4n) is 1.61. The fourth-order valence-corrected chi connectivity index (χ4v) is 2.60. The molecule has 3 nitrogen and oxygen atoms in total. The molecule has 0 saturated carbocycles. The van der Waals surface area contributed by atoms with Crippen LogP contribution >= 0.6 is 11.3 Å². The van der Waals surface area contributed by atoms with Gasteiger partial charge in [-0.1, -0.05) is 13.8 Å². The van der Waals surface area contributed by atoms with Crippen molar-refractivity contribution in [3.63, 3.8) is 0 Å². The summed E-state index contributed by atoms with van der Waals surface area (Å²) in [4.78, 5) is 4.66. The summed E-state index contributed by atoms with van der Waals surface area (Å²) >= 11 is 1.72. The maximum atomic E-state index is 5.68. The van der Waals surface area contributed by atoms with Crippen LogP contribution in [0.1, 0.15) is 43.0 Å². The zero-order valence-electron chi connectivity index (χ0n) is 9.32. The lowest BCUT2D eigenvalue weighted by molar-refractivity contribution is 0.0274. The smallest absolute Gasteiger partial charge is 0.123 e. The van der Waals surface area contributed by atoms with Crippen molar-refractivity contribution in [2.45, 2.75) is 32.3 Å². The van der Waals surface area contributed by atoms with Crippen LogP contribution in [0.3, 0.4) is 0 Å². The molecule has 2 unspecified atom stereocenters. The Morgan fingerprint density at radius 1 is 1.73 bits per heavy atom. The Morgan fingerprint density at radius 3 is 3.27 bits per heavy atom. The van der Waals surface area contributed by atoms with Crippen LogP contribution in [-0.2, 0) is 4.74 Å². The van der Waals surface area contributed by atoms with Crippen molar-refractivity contribution in [2.24, 2.45) is 0 Å². The molecule has 1 saturated heterocycles. The highest BCUT2D eigenvalue weighted by molar-refractivity contribution is 7.09. The lowest BCUT2D eigenvalue weighted by atomic mass is 10.1. The van der Waals surface area contributed by atoms with Crippen LogP contribution in [0.2, 0.25) is 0 Å². The Hall–Kier alpha value is -0.450. The quantitative estimate of drug-likeness (QED) is 0.859. The summed E-state index contributed by atoms with van der Waals surface area (Å²) in [6.07, 6.45) is 1.31. The lowest BCUT2D eigenvalue weighted by Crippen LogP contribution is -2.33. The summed E-state index contributed by atoms with van der Waals surface area (Å²) in [5, 5.41) is 6.62. The molecule has 2 heterocycles. The highest BCUT2D eigenvalue weighted by Gasteiger charge is 2.19. The molecule has 0 spiro atoms. The molecule has 0 amide bonds. The van der Waals surface area contributed by atoms with E-state index in [2.05, 4.69) is 29.5 Å². The Labute approximate surface area is 94.9 Å². The third-order valence-corrected chi connectivity index (χ3v) is 3.82. The van der Waals surface area contributed by atoms with E-state index in [1.54, 1.807) is 11.3 Å². The molecule has 0 aliphatic carbocycles. The van der Waals surface area contributed by atoms with E-state index < -0.39 is 0 Å². The minimum atomic E-state index is 0.168. The zero-order chi connectivity index (χ0) is 10.7. The topological polar surface area (TPSA) is 34.1 Å². The summed E-state index contributed by atoms with van der Waals surface area (Å²) in [5.41, 5.74) is 1.21. The van der Waals surface area contributed by atoms with Gasteiger partial charge in [0.15, 0.2) is 0 Å². The van der Waals surface area contributed by atoms with Gasteiger partial charge < -0.3 is 10.1 Å². The standard InChI is InChI=1S/C11H18N2OS/c1-3-8(2)9-7-15-11(13-9)10-6-12-4-5-14-10/h7-8,10,12H,3-6H2,1-2H3. The molecule has 1 aliphatic heterocycles. The van der Waals surface area contributed by atoms with Crippen LogP contribution in [0.25, 0.3) is 0 Å². The number of nitrogens with one attached hydrogen (secondary N) is 1. The van der Waals surface area contributed by atoms with E-state index in [0.29, 0.717) is 5.92 Å². The Bertz CT molecular complexity index is 307. The predicted octanol–water partition coefficient (Wildman–Crippen LogP) is 2.32. The SMILES string of the molecule is CCC(C)c1csc(C2CNCCO2)n1. The second-order valence-corrected chi connectivity index (χ2v) is 4.87. The maximum Gasteiger partial charge on any atom is 0.123 e. The van der Waals surface area contributed by atoms with Crippen LogP contribution in [0.5, 0.6) is 0 Å². The normalized spacial score (nSPS) is 24.0. The highest BCUT2D eigenvalue weighted by atomic mass is 32.1. The van der Waals surface area contributed by atoms with Crippen LogP contribution in [0, 0.1) is 0 Å². The highest BCUT2D eigenvalue weighted by Crippen LogP contribution is 2.26. The van der Waals surface area contributed by atoms with Crippen molar-refractivity contribution in [2.75, 3.05) is 19.7 Å². The van der Waals surface area contributed by atoms with Crippen molar-refractivity contribution in [3.8, 4) is 0 Å². The van der Waals surface area contributed by atoms with Crippen LogP contribution in [-0.4, -0.2) is 24.7 Å². The Kier molecular flexibility index (Phi) is 3.72. The lowest BCUT2D eigenvalue weighted by Gasteiger charge is -2.21. The van der Waals surface area contributed by atoms with Gasteiger partial charge in [-0.2, -0.15) is 0 Å². The van der Waals surface area contributed by atoms with Gasteiger partial charge in [0.2, 0.25) is 0 Å². The number of morpholine rings is 1. The van der Waals surface area contributed by atoms with E-state index in [4.69, 9.17) is 4.74 Å². The second kappa shape index (κ2) is 5.05. The first-order chi connectivity index (χ1) is 7.31. The van der Waals surface area contributed by atoms with Gasteiger partial charge in [0.25, 0.3) is 0 Å². The molecule has 0 radical (unpaired) electrons. The first-order valence-corrected chi connectivity index (χ1v) is 6.47. The van der Waals surface area contributed by atoms with Crippen LogP contribution in [0.15, 0.2) is 5.38 Å². The molecule has 1 aromatic rings. The van der Waals surface area contributed by atoms with Crippen LogP contribution < -0.4 is 5.32 Å². The van der Waals surface area contributed by atoms with Gasteiger partial charge in [-0.25, -0.2) is 4.98 Å².